The average Bonchev–Trinajstić information content (AvgIpc) is 2.37. The highest BCUT2D eigenvalue weighted by molar-refractivity contribution is 5.72. The summed E-state index contributed by atoms with van der Waals surface area (Å²) >= 11 is 0. The van der Waals surface area contributed by atoms with E-state index >= 15 is 0 Å². The first-order chi connectivity index (χ1) is 8.63. The Labute approximate surface area is 109 Å². The van der Waals surface area contributed by atoms with Crippen molar-refractivity contribution in [3.8, 4) is 5.75 Å². The fourth-order valence-corrected chi connectivity index (χ4v) is 1.74. The van der Waals surface area contributed by atoms with Crippen LogP contribution in [0.25, 0.3) is 0 Å². The number of unbranched alkanes of at least 4 members (excludes halogenated alkanes) is 2. The Morgan fingerprint density at radius 3 is 2.56 bits per heavy atom. The normalized spacial score (nSPS) is 12.1. The highest BCUT2D eigenvalue weighted by Crippen LogP contribution is 2.14. The van der Waals surface area contributed by atoms with E-state index in [0.717, 1.165) is 24.8 Å². The molecule has 1 aromatic carbocycles. The number of hydrogen-bond acceptors (Lipinski definition) is 3. The van der Waals surface area contributed by atoms with Crippen molar-refractivity contribution >= 4 is 5.97 Å². The van der Waals surface area contributed by atoms with E-state index in [1.165, 1.54) is 0 Å². The van der Waals surface area contributed by atoms with Gasteiger partial charge in [0.1, 0.15) is 5.75 Å². The average molecular weight is 250 g/mol. The maximum absolute atomic E-state index is 11.7. The van der Waals surface area contributed by atoms with Gasteiger partial charge in [0.25, 0.3) is 0 Å². The molecule has 0 heterocycles. The molecule has 3 nitrogen and oxygen atoms in total. The number of esters is 1. The first-order valence-electron chi connectivity index (χ1n) is 6.58. The minimum Gasteiger partial charge on any atom is -0.508 e. The van der Waals surface area contributed by atoms with Crippen molar-refractivity contribution in [2.45, 2.75) is 39.5 Å². The summed E-state index contributed by atoms with van der Waals surface area (Å²) in [7, 11) is 0. The minimum absolute atomic E-state index is 0.140. The third-order valence-electron chi connectivity index (χ3n) is 2.87. The Balaban J connectivity index is 2.33. The van der Waals surface area contributed by atoms with Crippen LogP contribution in [0.15, 0.2) is 24.3 Å². The largest absolute Gasteiger partial charge is 0.508 e. The van der Waals surface area contributed by atoms with E-state index in [-0.39, 0.29) is 17.6 Å². The van der Waals surface area contributed by atoms with Gasteiger partial charge in [-0.1, -0.05) is 38.8 Å². The number of aromatic hydroxyl groups is 1. The van der Waals surface area contributed by atoms with Gasteiger partial charge < -0.3 is 9.84 Å². The van der Waals surface area contributed by atoms with Gasteiger partial charge in [-0.3, -0.25) is 4.79 Å². The molecule has 0 saturated heterocycles. The number of carbonyl (C=O) groups is 1. The molecular formula is C15H22O3. The summed E-state index contributed by atoms with van der Waals surface area (Å²) < 4.78 is 5.21. The van der Waals surface area contributed by atoms with Gasteiger partial charge in [-0.15, -0.1) is 0 Å². The smallest absolute Gasteiger partial charge is 0.308 e. The predicted octanol–water partition coefficient (Wildman–Crippen LogP) is 3.30. The lowest BCUT2D eigenvalue weighted by molar-refractivity contribution is -0.148. The van der Waals surface area contributed by atoms with Gasteiger partial charge in [0.15, 0.2) is 0 Å². The summed E-state index contributed by atoms with van der Waals surface area (Å²) in [6.07, 6.45) is 3.81. The van der Waals surface area contributed by atoms with Crippen LogP contribution in [0.1, 0.15) is 38.7 Å². The van der Waals surface area contributed by atoms with E-state index < -0.39 is 0 Å². The van der Waals surface area contributed by atoms with Crippen molar-refractivity contribution in [3.63, 3.8) is 0 Å². The number of carbonyl (C=O) groups excluding carboxylic acids is 1. The SMILES string of the molecule is CCCCCOC(=O)C(C)Cc1ccc(O)cc1. The summed E-state index contributed by atoms with van der Waals surface area (Å²) in [5, 5.41) is 9.17. The van der Waals surface area contributed by atoms with Crippen molar-refractivity contribution in [3.05, 3.63) is 29.8 Å². The number of hydrogen-bond donors (Lipinski definition) is 1. The fourth-order valence-electron chi connectivity index (χ4n) is 1.74. The summed E-state index contributed by atoms with van der Waals surface area (Å²) in [5.41, 5.74) is 1.03. The molecule has 0 aromatic heterocycles. The Hall–Kier alpha value is -1.51. The van der Waals surface area contributed by atoms with Gasteiger partial charge in [-0.2, -0.15) is 0 Å². The fraction of sp³-hybridized carbons (Fsp3) is 0.533. The Morgan fingerprint density at radius 1 is 1.28 bits per heavy atom. The van der Waals surface area contributed by atoms with Crippen molar-refractivity contribution in [2.24, 2.45) is 5.92 Å². The maximum Gasteiger partial charge on any atom is 0.308 e. The van der Waals surface area contributed by atoms with Crippen LogP contribution in [0.3, 0.4) is 0 Å². The van der Waals surface area contributed by atoms with E-state index in [1.54, 1.807) is 12.1 Å². The van der Waals surface area contributed by atoms with Gasteiger partial charge in [0, 0.05) is 0 Å². The molecule has 1 unspecified atom stereocenters. The van der Waals surface area contributed by atoms with E-state index in [4.69, 9.17) is 4.74 Å². The molecule has 0 aliphatic carbocycles. The number of rotatable bonds is 7. The lowest BCUT2D eigenvalue weighted by atomic mass is 10.0. The molecule has 0 saturated carbocycles. The van der Waals surface area contributed by atoms with Crippen LogP contribution < -0.4 is 0 Å². The minimum atomic E-state index is -0.142. The van der Waals surface area contributed by atoms with Crippen molar-refractivity contribution < 1.29 is 14.6 Å². The lowest BCUT2D eigenvalue weighted by Gasteiger charge is -2.11. The third kappa shape index (κ3) is 5.21. The lowest BCUT2D eigenvalue weighted by Crippen LogP contribution is -2.17. The Morgan fingerprint density at radius 2 is 1.94 bits per heavy atom. The van der Waals surface area contributed by atoms with Gasteiger partial charge in [0.2, 0.25) is 0 Å². The summed E-state index contributed by atoms with van der Waals surface area (Å²) in [6.45, 7) is 4.51. The molecule has 0 amide bonds. The molecule has 0 radical (unpaired) electrons. The number of phenolic OH excluding ortho intramolecular Hbond substituents is 1. The molecule has 1 atom stereocenters. The van der Waals surface area contributed by atoms with Crippen LogP contribution in [0.5, 0.6) is 5.75 Å². The molecule has 3 heteroatoms. The van der Waals surface area contributed by atoms with E-state index in [0.29, 0.717) is 13.0 Å². The van der Waals surface area contributed by atoms with Gasteiger partial charge in [-0.05, 0) is 30.5 Å². The molecule has 0 bridgehead atoms. The first-order valence-corrected chi connectivity index (χ1v) is 6.58. The molecule has 0 aliphatic rings. The quantitative estimate of drug-likeness (QED) is 0.596. The van der Waals surface area contributed by atoms with Crippen LogP contribution >= 0.6 is 0 Å². The summed E-state index contributed by atoms with van der Waals surface area (Å²) in [6, 6.07) is 6.93. The highest BCUT2D eigenvalue weighted by atomic mass is 16.5. The topological polar surface area (TPSA) is 46.5 Å². The maximum atomic E-state index is 11.7. The molecule has 0 aliphatic heterocycles. The molecule has 0 spiro atoms. The molecule has 100 valence electrons. The van der Waals surface area contributed by atoms with Crippen LogP contribution in [0, 0.1) is 5.92 Å². The van der Waals surface area contributed by atoms with Gasteiger partial charge in [0.05, 0.1) is 12.5 Å². The summed E-state index contributed by atoms with van der Waals surface area (Å²) in [4.78, 5) is 11.7. The zero-order valence-corrected chi connectivity index (χ0v) is 11.2. The summed E-state index contributed by atoms with van der Waals surface area (Å²) in [5.74, 6) is -0.0381. The van der Waals surface area contributed by atoms with E-state index in [2.05, 4.69) is 6.92 Å². The van der Waals surface area contributed by atoms with Crippen molar-refractivity contribution in [1.82, 2.24) is 0 Å². The van der Waals surface area contributed by atoms with E-state index in [1.807, 2.05) is 19.1 Å². The number of ether oxygens (including phenoxy) is 1. The zero-order valence-electron chi connectivity index (χ0n) is 11.2. The van der Waals surface area contributed by atoms with Gasteiger partial charge >= 0.3 is 5.97 Å². The third-order valence-corrected chi connectivity index (χ3v) is 2.87. The highest BCUT2D eigenvalue weighted by Gasteiger charge is 2.14. The second kappa shape index (κ2) is 7.75. The Kier molecular flexibility index (Phi) is 6.26. The molecular weight excluding hydrogens is 228 g/mol. The van der Waals surface area contributed by atoms with Crippen LogP contribution in [0.2, 0.25) is 0 Å². The molecule has 1 aromatic rings. The van der Waals surface area contributed by atoms with Crippen molar-refractivity contribution in [2.75, 3.05) is 6.61 Å². The second-order valence-corrected chi connectivity index (χ2v) is 4.65. The van der Waals surface area contributed by atoms with E-state index in [9.17, 15) is 9.90 Å². The van der Waals surface area contributed by atoms with Crippen LogP contribution in [0.4, 0.5) is 0 Å². The standard InChI is InChI=1S/C15H22O3/c1-3-4-5-10-18-15(17)12(2)11-13-6-8-14(16)9-7-13/h6-9,12,16H,3-5,10-11H2,1-2H3. The zero-order chi connectivity index (χ0) is 13.4. The first kappa shape index (κ1) is 14.6. The van der Waals surface area contributed by atoms with Crippen LogP contribution in [-0.2, 0) is 16.0 Å². The predicted molar refractivity (Wildman–Crippen MR) is 71.5 cm³/mol. The molecule has 1 N–H and O–H groups in total. The van der Waals surface area contributed by atoms with Crippen LogP contribution in [-0.4, -0.2) is 17.7 Å². The van der Waals surface area contributed by atoms with Gasteiger partial charge in [-0.25, -0.2) is 0 Å². The van der Waals surface area contributed by atoms with Crippen molar-refractivity contribution in [1.29, 1.82) is 0 Å². The second-order valence-electron chi connectivity index (χ2n) is 4.65. The monoisotopic (exact) mass is 250 g/mol. The molecule has 1 rings (SSSR count). The number of phenols is 1. The molecule has 0 fully saturated rings. The Bertz CT molecular complexity index is 357. The number of benzene rings is 1. The molecule has 18 heavy (non-hydrogen) atoms.